The largest absolute Gasteiger partial charge is 0.142 e. The minimum absolute atomic E-state index is 0.597. The monoisotopic (exact) mass is 175 g/mol. The third kappa shape index (κ3) is 1.14. The van der Waals surface area contributed by atoms with Crippen LogP contribution >= 0.6 is 11.3 Å². The van der Waals surface area contributed by atoms with E-state index in [1.807, 2.05) is 0 Å². The van der Waals surface area contributed by atoms with Gasteiger partial charge in [0.2, 0.25) is 0 Å². The minimum Gasteiger partial charge on any atom is -0.142 e. The molecule has 1 aromatic heterocycles. The molecular formula is C11H11S. The van der Waals surface area contributed by atoms with Crippen LogP contribution in [-0.2, 0) is 0 Å². The van der Waals surface area contributed by atoms with Crippen molar-refractivity contribution in [3.63, 3.8) is 0 Å². The standard InChI is InChI=1S/C11H11S/c1-8(2)10-5-3-4-9-6-12-7-11(9)10/h3-6,8H,1-2H3. The van der Waals surface area contributed by atoms with Gasteiger partial charge in [-0.1, -0.05) is 32.0 Å². The molecule has 12 heavy (non-hydrogen) atoms. The number of hydrogen-bond acceptors (Lipinski definition) is 1. The summed E-state index contributed by atoms with van der Waals surface area (Å²) >= 11 is 1.66. The van der Waals surface area contributed by atoms with Gasteiger partial charge < -0.3 is 0 Å². The molecule has 2 rings (SSSR count). The summed E-state index contributed by atoms with van der Waals surface area (Å²) in [5, 5.41) is 8.09. The fraction of sp³-hybridized carbons (Fsp3) is 0.273. The van der Waals surface area contributed by atoms with Crippen LogP contribution in [0.1, 0.15) is 25.3 Å². The SMILES string of the molecule is CC(C)c1cccc2cs[c]c12. The molecule has 0 fully saturated rings. The maximum Gasteiger partial charge on any atom is 0.0530 e. The zero-order valence-electron chi connectivity index (χ0n) is 7.29. The second-order valence-electron chi connectivity index (χ2n) is 3.30. The van der Waals surface area contributed by atoms with Crippen LogP contribution in [0.2, 0.25) is 0 Å². The average molecular weight is 175 g/mol. The van der Waals surface area contributed by atoms with Crippen molar-refractivity contribution in [1.29, 1.82) is 0 Å². The molecule has 1 heteroatoms. The molecule has 0 unspecified atom stereocenters. The minimum atomic E-state index is 0.597. The summed E-state index contributed by atoms with van der Waals surface area (Å²) < 4.78 is 0. The summed E-state index contributed by atoms with van der Waals surface area (Å²) in [5.74, 6) is 0.597. The van der Waals surface area contributed by atoms with Gasteiger partial charge in [-0.05, 0) is 22.2 Å². The van der Waals surface area contributed by atoms with Gasteiger partial charge in [-0.15, -0.1) is 11.3 Å². The Hall–Kier alpha value is -0.820. The molecule has 61 valence electrons. The highest BCUT2D eigenvalue weighted by Crippen LogP contribution is 2.27. The second-order valence-corrected chi connectivity index (χ2v) is 3.98. The first-order chi connectivity index (χ1) is 5.79. The van der Waals surface area contributed by atoms with Crippen molar-refractivity contribution in [3.8, 4) is 0 Å². The van der Waals surface area contributed by atoms with E-state index < -0.39 is 0 Å². The van der Waals surface area contributed by atoms with Crippen LogP contribution in [-0.4, -0.2) is 0 Å². The molecule has 0 N–H and O–H groups in total. The van der Waals surface area contributed by atoms with E-state index in [0.717, 1.165) is 0 Å². The Balaban J connectivity index is 2.73. The van der Waals surface area contributed by atoms with Crippen LogP contribution in [0, 0.1) is 5.38 Å². The van der Waals surface area contributed by atoms with E-state index in [-0.39, 0.29) is 0 Å². The highest BCUT2D eigenvalue weighted by molar-refractivity contribution is 7.08. The van der Waals surface area contributed by atoms with Gasteiger partial charge in [-0.25, -0.2) is 0 Å². The molecule has 1 aromatic carbocycles. The van der Waals surface area contributed by atoms with Crippen LogP contribution in [0.25, 0.3) is 10.8 Å². The molecule has 0 amide bonds. The van der Waals surface area contributed by atoms with Gasteiger partial charge >= 0.3 is 0 Å². The van der Waals surface area contributed by atoms with E-state index in [0.29, 0.717) is 5.92 Å². The van der Waals surface area contributed by atoms with E-state index in [1.165, 1.54) is 16.3 Å². The Morgan fingerprint density at radius 3 is 2.92 bits per heavy atom. The number of rotatable bonds is 1. The van der Waals surface area contributed by atoms with Crippen molar-refractivity contribution in [2.45, 2.75) is 19.8 Å². The van der Waals surface area contributed by atoms with Crippen molar-refractivity contribution in [2.75, 3.05) is 0 Å². The van der Waals surface area contributed by atoms with Crippen molar-refractivity contribution >= 4 is 22.1 Å². The first kappa shape index (κ1) is 7.81. The van der Waals surface area contributed by atoms with Gasteiger partial charge in [-0.2, -0.15) is 0 Å². The zero-order chi connectivity index (χ0) is 8.55. The Labute approximate surface area is 76.8 Å². The molecule has 0 aliphatic rings. The van der Waals surface area contributed by atoms with E-state index >= 15 is 0 Å². The van der Waals surface area contributed by atoms with Gasteiger partial charge in [0.05, 0.1) is 5.38 Å². The average Bonchev–Trinajstić information content (AvgIpc) is 2.49. The Morgan fingerprint density at radius 1 is 1.33 bits per heavy atom. The molecule has 0 bridgehead atoms. The van der Waals surface area contributed by atoms with Crippen LogP contribution in [0.4, 0.5) is 0 Å². The number of benzene rings is 1. The van der Waals surface area contributed by atoms with E-state index in [9.17, 15) is 0 Å². The highest BCUT2D eigenvalue weighted by atomic mass is 32.1. The normalized spacial score (nSPS) is 11.2. The van der Waals surface area contributed by atoms with Gasteiger partial charge in [-0.3, -0.25) is 0 Å². The molecule has 0 saturated heterocycles. The van der Waals surface area contributed by atoms with Crippen LogP contribution in [0.5, 0.6) is 0 Å². The molecule has 1 heterocycles. The van der Waals surface area contributed by atoms with E-state index in [2.05, 4.69) is 42.8 Å². The predicted octanol–water partition coefficient (Wildman–Crippen LogP) is 3.82. The topological polar surface area (TPSA) is 0 Å². The quantitative estimate of drug-likeness (QED) is 0.618. The Morgan fingerprint density at radius 2 is 2.17 bits per heavy atom. The van der Waals surface area contributed by atoms with Crippen molar-refractivity contribution in [2.24, 2.45) is 0 Å². The summed E-state index contributed by atoms with van der Waals surface area (Å²) in [6.07, 6.45) is 0. The summed E-state index contributed by atoms with van der Waals surface area (Å²) in [6.45, 7) is 4.44. The predicted molar refractivity (Wildman–Crippen MR) is 54.8 cm³/mol. The zero-order valence-corrected chi connectivity index (χ0v) is 8.11. The summed E-state index contributed by atoms with van der Waals surface area (Å²) in [5.41, 5.74) is 1.41. The van der Waals surface area contributed by atoms with Crippen molar-refractivity contribution < 1.29 is 0 Å². The first-order valence-corrected chi connectivity index (χ1v) is 5.05. The van der Waals surface area contributed by atoms with Gasteiger partial charge in [0.1, 0.15) is 0 Å². The summed E-state index contributed by atoms with van der Waals surface area (Å²) in [7, 11) is 0. The van der Waals surface area contributed by atoms with Crippen molar-refractivity contribution in [3.05, 3.63) is 34.5 Å². The third-order valence-electron chi connectivity index (χ3n) is 2.10. The smallest absolute Gasteiger partial charge is 0.0530 e. The molecule has 0 spiro atoms. The molecule has 0 saturated carbocycles. The lowest BCUT2D eigenvalue weighted by Gasteiger charge is -2.05. The molecule has 0 nitrogen and oxygen atoms in total. The molecule has 0 aliphatic heterocycles. The van der Waals surface area contributed by atoms with Crippen LogP contribution < -0.4 is 0 Å². The van der Waals surface area contributed by atoms with Gasteiger partial charge in [0, 0.05) is 5.39 Å². The number of hydrogen-bond donors (Lipinski definition) is 0. The fourth-order valence-corrected chi connectivity index (χ4v) is 2.17. The lowest BCUT2D eigenvalue weighted by molar-refractivity contribution is 0.877. The fourth-order valence-electron chi connectivity index (χ4n) is 1.44. The maximum atomic E-state index is 3.31. The molecular weight excluding hydrogens is 164 g/mol. The summed E-state index contributed by atoms with van der Waals surface area (Å²) in [6, 6.07) is 6.46. The van der Waals surface area contributed by atoms with Crippen LogP contribution in [0.15, 0.2) is 23.6 Å². The summed E-state index contributed by atoms with van der Waals surface area (Å²) in [4.78, 5) is 0. The Bertz CT molecular complexity index is 385. The lowest BCUT2D eigenvalue weighted by Crippen LogP contribution is -1.86. The molecule has 0 atom stereocenters. The highest BCUT2D eigenvalue weighted by Gasteiger charge is 2.04. The van der Waals surface area contributed by atoms with Gasteiger partial charge in [0.25, 0.3) is 0 Å². The Kier molecular flexibility index (Phi) is 1.89. The molecule has 1 radical (unpaired) electrons. The van der Waals surface area contributed by atoms with Crippen LogP contribution in [0.3, 0.4) is 0 Å². The third-order valence-corrected chi connectivity index (χ3v) is 2.79. The maximum absolute atomic E-state index is 3.31. The number of thiophene rings is 1. The first-order valence-electron chi connectivity index (χ1n) is 4.17. The van der Waals surface area contributed by atoms with Gasteiger partial charge in [0.15, 0.2) is 0 Å². The van der Waals surface area contributed by atoms with Crippen molar-refractivity contribution in [1.82, 2.24) is 0 Å². The molecule has 0 aliphatic carbocycles. The number of fused-ring (bicyclic) bond motifs is 1. The lowest BCUT2D eigenvalue weighted by atomic mass is 9.99. The second kappa shape index (κ2) is 2.91. The molecule has 2 aromatic rings. The van der Waals surface area contributed by atoms with E-state index in [1.54, 1.807) is 11.3 Å². The van der Waals surface area contributed by atoms with E-state index in [4.69, 9.17) is 0 Å².